The summed E-state index contributed by atoms with van der Waals surface area (Å²) < 4.78 is 15.7. The first kappa shape index (κ1) is 19.9. The van der Waals surface area contributed by atoms with E-state index in [9.17, 15) is 9.59 Å². The zero-order valence-electron chi connectivity index (χ0n) is 16.0. The molecule has 3 aromatic rings. The Balaban J connectivity index is 1.46. The van der Waals surface area contributed by atoms with Crippen LogP contribution in [0.2, 0.25) is 0 Å². The van der Waals surface area contributed by atoms with E-state index in [0.29, 0.717) is 11.5 Å². The van der Waals surface area contributed by atoms with Crippen LogP contribution in [-0.2, 0) is 4.79 Å². The van der Waals surface area contributed by atoms with Crippen LogP contribution in [0.25, 0.3) is 0 Å². The Morgan fingerprint density at radius 1 is 1.07 bits per heavy atom. The minimum atomic E-state index is -0.576. The van der Waals surface area contributed by atoms with Crippen LogP contribution in [0.1, 0.15) is 27.2 Å². The fourth-order valence-electron chi connectivity index (χ4n) is 2.41. The summed E-state index contributed by atoms with van der Waals surface area (Å²) in [6.45, 7) is 3.79. The highest BCUT2D eigenvalue weighted by atomic mass is 16.5. The summed E-state index contributed by atoms with van der Waals surface area (Å²) in [6, 6.07) is 15.5. The van der Waals surface area contributed by atoms with Gasteiger partial charge in [0.05, 0.1) is 12.5 Å². The Hall–Kier alpha value is -3.87. The van der Waals surface area contributed by atoms with Crippen LogP contribution in [0.15, 0.2) is 70.4 Å². The van der Waals surface area contributed by atoms with E-state index < -0.39 is 5.97 Å². The highest BCUT2D eigenvalue weighted by molar-refractivity contribution is 5.88. The molecule has 0 atom stereocenters. The molecule has 2 aromatic carbocycles. The van der Waals surface area contributed by atoms with Crippen molar-refractivity contribution in [1.29, 1.82) is 0 Å². The topological polar surface area (TPSA) is 90.1 Å². The molecule has 0 aliphatic heterocycles. The van der Waals surface area contributed by atoms with Gasteiger partial charge in [0.1, 0.15) is 11.5 Å². The van der Waals surface area contributed by atoms with Gasteiger partial charge in [0, 0.05) is 0 Å². The number of hydrazone groups is 1. The maximum Gasteiger partial charge on any atom is 0.379 e. The lowest BCUT2D eigenvalue weighted by Crippen LogP contribution is -2.24. The summed E-state index contributed by atoms with van der Waals surface area (Å²) in [5.41, 5.74) is 5.22. The molecule has 1 amide bonds. The number of rotatable bonds is 7. The summed E-state index contributed by atoms with van der Waals surface area (Å²) in [5.74, 6) is 0.221. The molecule has 7 nitrogen and oxygen atoms in total. The van der Waals surface area contributed by atoms with Crippen LogP contribution in [0.5, 0.6) is 11.5 Å². The quantitative estimate of drug-likeness (QED) is 0.287. The Bertz CT molecular complexity index is 1010. The maximum absolute atomic E-state index is 11.9. The molecule has 0 saturated heterocycles. The van der Waals surface area contributed by atoms with E-state index in [1.54, 1.807) is 30.3 Å². The summed E-state index contributed by atoms with van der Waals surface area (Å²) in [4.78, 5) is 23.7. The van der Waals surface area contributed by atoms with E-state index in [4.69, 9.17) is 13.9 Å². The second-order valence-electron chi connectivity index (χ2n) is 6.22. The third-order valence-electron chi connectivity index (χ3n) is 4.13. The van der Waals surface area contributed by atoms with Crippen molar-refractivity contribution in [2.45, 2.75) is 13.8 Å². The van der Waals surface area contributed by atoms with E-state index >= 15 is 0 Å². The average molecular weight is 392 g/mol. The number of carbonyl (C=O) groups is 2. The normalized spacial score (nSPS) is 10.7. The number of furan rings is 1. The summed E-state index contributed by atoms with van der Waals surface area (Å²) in [6.07, 6.45) is 2.88. The number of carbonyl (C=O) groups excluding carboxylic acids is 2. The molecular formula is C22H20N2O5. The Morgan fingerprint density at radius 2 is 1.86 bits per heavy atom. The Kier molecular flexibility index (Phi) is 6.42. The average Bonchev–Trinajstić information content (AvgIpc) is 3.25. The lowest BCUT2D eigenvalue weighted by Gasteiger charge is -2.09. The standard InChI is InChI=1S/C22H20N2O5/c1-15-5-3-6-19(16(15)2)28-14-21(25)24-23-13-17-8-10-18(11-9-17)29-22(26)20-7-4-12-27-20/h3-13H,14H2,1-2H3,(H,24,25)/b23-13-. The highest BCUT2D eigenvalue weighted by Crippen LogP contribution is 2.20. The van der Waals surface area contributed by atoms with Gasteiger partial charge in [-0.3, -0.25) is 4.79 Å². The van der Waals surface area contributed by atoms with Crippen molar-refractivity contribution in [3.05, 3.63) is 83.3 Å². The predicted molar refractivity (Wildman–Crippen MR) is 107 cm³/mol. The molecule has 1 heterocycles. The van der Waals surface area contributed by atoms with Crippen LogP contribution in [0, 0.1) is 13.8 Å². The summed E-state index contributed by atoms with van der Waals surface area (Å²) >= 11 is 0. The third kappa shape index (κ3) is 5.55. The van der Waals surface area contributed by atoms with Gasteiger partial charge >= 0.3 is 5.97 Å². The first-order valence-electron chi connectivity index (χ1n) is 8.89. The van der Waals surface area contributed by atoms with Gasteiger partial charge < -0.3 is 13.9 Å². The Labute approximate surface area is 167 Å². The van der Waals surface area contributed by atoms with E-state index in [1.165, 1.54) is 18.5 Å². The van der Waals surface area contributed by atoms with Crippen molar-refractivity contribution >= 4 is 18.1 Å². The lowest BCUT2D eigenvalue weighted by atomic mass is 10.1. The van der Waals surface area contributed by atoms with E-state index in [1.807, 2.05) is 32.0 Å². The van der Waals surface area contributed by atoms with E-state index in [-0.39, 0.29) is 18.3 Å². The van der Waals surface area contributed by atoms with Crippen molar-refractivity contribution in [3.63, 3.8) is 0 Å². The molecule has 0 spiro atoms. The van der Waals surface area contributed by atoms with Gasteiger partial charge in [-0.15, -0.1) is 0 Å². The SMILES string of the molecule is Cc1cccc(OCC(=O)N/N=C\c2ccc(OC(=O)c3ccco3)cc2)c1C. The predicted octanol–water partition coefficient (Wildman–Crippen LogP) is 3.64. The number of nitrogens with zero attached hydrogens (tertiary/aromatic N) is 1. The molecule has 3 rings (SSSR count). The van der Waals surface area contributed by atoms with Crippen molar-refractivity contribution in [3.8, 4) is 11.5 Å². The van der Waals surface area contributed by atoms with Crippen LogP contribution in [0.3, 0.4) is 0 Å². The fourth-order valence-corrected chi connectivity index (χ4v) is 2.41. The van der Waals surface area contributed by atoms with Gasteiger partial charge in [-0.05, 0) is 73.0 Å². The van der Waals surface area contributed by atoms with Gasteiger partial charge in [0.25, 0.3) is 5.91 Å². The van der Waals surface area contributed by atoms with Crippen LogP contribution >= 0.6 is 0 Å². The van der Waals surface area contributed by atoms with Gasteiger partial charge in [0.15, 0.2) is 6.61 Å². The number of hydrogen-bond donors (Lipinski definition) is 1. The molecule has 29 heavy (non-hydrogen) atoms. The number of benzene rings is 2. The minimum absolute atomic E-state index is 0.126. The molecular weight excluding hydrogens is 372 g/mol. The smallest absolute Gasteiger partial charge is 0.379 e. The molecule has 148 valence electrons. The van der Waals surface area contributed by atoms with Crippen molar-refractivity contribution < 1.29 is 23.5 Å². The highest BCUT2D eigenvalue weighted by Gasteiger charge is 2.11. The molecule has 0 fully saturated rings. The summed E-state index contributed by atoms with van der Waals surface area (Å²) in [7, 11) is 0. The second kappa shape index (κ2) is 9.36. The molecule has 0 unspecified atom stereocenters. The van der Waals surface area contributed by atoms with Crippen LogP contribution in [0.4, 0.5) is 0 Å². The van der Waals surface area contributed by atoms with Crippen molar-refractivity contribution in [1.82, 2.24) is 5.43 Å². The number of aryl methyl sites for hydroxylation is 1. The second-order valence-corrected chi connectivity index (χ2v) is 6.22. The first-order chi connectivity index (χ1) is 14.0. The monoisotopic (exact) mass is 392 g/mol. The first-order valence-corrected chi connectivity index (χ1v) is 8.89. The zero-order chi connectivity index (χ0) is 20.6. The minimum Gasteiger partial charge on any atom is -0.483 e. The summed E-state index contributed by atoms with van der Waals surface area (Å²) in [5, 5.41) is 3.90. The van der Waals surface area contributed by atoms with Crippen molar-refractivity contribution in [2.24, 2.45) is 5.10 Å². The van der Waals surface area contributed by atoms with Gasteiger partial charge in [-0.2, -0.15) is 5.10 Å². The number of esters is 1. The van der Waals surface area contributed by atoms with Crippen LogP contribution in [-0.4, -0.2) is 24.7 Å². The molecule has 0 aliphatic carbocycles. The maximum atomic E-state index is 11.9. The number of amides is 1. The largest absolute Gasteiger partial charge is 0.483 e. The molecule has 0 aliphatic rings. The molecule has 1 N–H and O–H groups in total. The van der Waals surface area contributed by atoms with Gasteiger partial charge in [0.2, 0.25) is 5.76 Å². The van der Waals surface area contributed by atoms with E-state index in [0.717, 1.165) is 16.7 Å². The number of nitrogens with one attached hydrogen (secondary N) is 1. The number of hydrogen-bond acceptors (Lipinski definition) is 6. The van der Waals surface area contributed by atoms with Gasteiger partial charge in [-0.1, -0.05) is 12.1 Å². The molecule has 7 heteroatoms. The number of ether oxygens (including phenoxy) is 2. The fraction of sp³-hybridized carbons (Fsp3) is 0.136. The third-order valence-corrected chi connectivity index (χ3v) is 4.13. The molecule has 1 aromatic heterocycles. The van der Waals surface area contributed by atoms with Gasteiger partial charge in [-0.25, -0.2) is 10.2 Å². The van der Waals surface area contributed by atoms with Crippen LogP contribution < -0.4 is 14.9 Å². The molecule has 0 radical (unpaired) electrons. The molecule has 0 bridgehead atoms. The Morgan fingerprint density at radius 3 is 2.59 bits per heavy atom. The zero-order valence-corrected chi connectivity index (χ0v) is 16.0. The van der Waals surface area contributed by atoms with Crippen molar-refractivity contribution in [2.75, 3.05) is 6.61 Å². The van der Waals surface area contributed by atoms with E-state index in [2.05, 4.69) is 10.5 Å². The molecule has 0 saturated carbocycles. The lowest BCUT2D eigenvalue weighted by molar-refractivity contribution is -0.123.